The summed E-state index contributed by atoms with van der Waals surface area (Å²) in [7, 11) is 0. The highest BCUT2D eigenvalue weighted by molar-refractivity contribution is 9.10. The molecule has 3 atom stereocenters. The number of nitrogens with one attached hydrogen (secondary N) is 1. The Morgan fingerprint density at radius 2 is 1.55 bits per heavy atom. The topological polar surface area (TPSA) is 107 Å². The fourth-order valence-corrected chi connectivity index (χ4v) is 4.57. The van der Waals surface area contributed by atoms with E-state index in [1.807, 2.05) is 54.6 Å². The molecule has 0 saturated carbocycles. The van der Waals surface area contributed by atoms with Crippen LogP contribution in [0, 0.1) is 0 Å². The van der Waals surface area contributed by atoms with Crippen LogP contribution in [0.25, 0.3) is 0 Å². The number of halogens is 1. The number of Topliss-reactive ketones (excluding diaryl/α,β-unsaturated/α-hetero) is 1. The van der Waals surface area contributed by atoms with E-state index in [2.05, 4.69) is 21.2 Å². The average Bonchev–Trinajstić information content (AvgIpc) is 2.83. The number of aliphatic hydroxyl groups excluding tert-OH is 2. The van der Waals surface area contributed by atoms with Crippen molar-refractivity contribution in [3.05, 3.63) is 70.2 Å². The number of nitrogens with zero attached hydrogens (tertiary/aromatic N) is 1. The maximum atomic E-state index is 12.8. The monoisotopic (exact) mass is 516 g/mol. The van der Waals surface area contributed by atoms with Gasteiger partial charge in [-0.2, -0.15) is 0 Å². The Kier molecular flexibility index (Phi) is 8.05. The predicted octanol–water partition coefficient (Wildman–Crippen LogP) is 2.50. The molecule has 1 fully saturated rings. The zero-order valence-corrected chi connectivity index (χ0v) is 20.3. The van der Waals surface area contributed by atoms with Gasteiger partial charge in [0.05, 0.1) is 11.5 Å². The summed E-state index contributed by atoms with van der Waals surface area (Å²) in [5, 5.41) is 23.4. The van der Waals surface area contributed by atoms with Crippen molar-refractivity contribution in [1.29, 1.82) is 0 Å². The van der Waals surface area contributed by atoms with Gasteiger partial charge in [-0.05, 0) is 49.9 Å². The molecule has 0 spiro atoms. The summed E-state index contributed by atoms with van der Waals surface area (Å²) in [6.45, 7) is 3.79. The van der Waals surface area contributed by atoms with Gasteiger partial charge in [0.1, 0.15) is 5.78 Å². The highest BCUT2D eigenvalue weighted by Gasteiger charge is 2.43. The van der Waals surface area contributed by atoms with Gasteiger partial charge >= 0.3 is 0 Å². The lowest BCUT2D eigenvalue weighted by atomic mass is 9.70. The van der Waals surface area contributed by atoms with Crippen molar-refractivity contribution >= 4 is 33.5 Å². The molecule has 0 aromatic heterocycles. The molecule has 1 heterocycles. The van der Waals surface area contributed by atoms with Crippen LogP contribution in [0.2, 0.25) is 0 Å². The van der Waals surface area contributed by atoms with Gasteiger partial charge in [0, 0.05) is 17.6 Å². The third-order valence-electron chi connectivity index (χ3n) is 6.48. The first-order chi connectivity index (χ1) is 15.7. The van der Waals surface area contributed by atoms with Gasteiger partial charge in [0.15, 0.2) is 12.2 Å². The number of hydrogen-bond donors (Lipinski definition) is 3. The van der Waals surface area contributed by atoms with E-state index >= 15 is 0 Å². The number of benzene rings is 2. The van der Waals surface area contributed by atoms with E-state index in [0.717, 1.165) is 15.6 Å². The second-order valence-corrected chi connectivity index (χ2v) is 9.42. The minimum Gasteiger partial charge on any atom is -0.380 e. The Balaban J connectivity index is 1.61. The summed E-state index contributed by atoms with van der Waals surface area (Å²) in [6.07, 6.45) is -2.96. The summed E-state index contributed by atoms with van der Waals surface area (Å²) in [6, 6.07) is 16.4. The Bertz CT molecular complexity index is 988. The van der Waals surface area contributed by atoms with Gasteiger partial charge in [-0.1, -0.05) is 58.4 Å². The maximum Gasteiger partial charge on any atom is 0.254 e. The van der Waals surface area contributed by atoms with Gasteiger partial charge in [-0.25, -0.2) is 0 Å². The smallest absolute Gasteiger partial charge is 0.254 e. The van der Waals surface area contributed by atoms with E-state index in [-0.39, 0.29) is 18.9 Å². The molecule has 2 unspecified atom stereocenters. The SMILES string of the molecule is CC(=O)C1(c2ccccc2)CCN(C(=O)C(O)C(O)C(=O)N[C@@H](C)c2ccc(Br)cc2)CC1. The van der Waals surface area contributed by atoms with Gasteiger partial charge < -0.3 is 20.4 Å². The van der Waals surface area contributed by atoms with Crippen molar-refractivity contribution < 1.29 is 24.6 Å². The molecule has 0 bridgehead atoms. The fourth-order valence-electron chi connectivity index (χ4n) is 4.31. The lowest BCUT2D eigenvalue weighted by Gasteiger charge is -2.41. The number of rotatable bonds is 7. The van der Waals surface area contributed by atoms with Crippen LogP contribution in [0.4, 0.5) is 0 Å². The molecular formula is C25H29BrN2O5. The molecule has 2 aromatic rings. The molecule has 33 heavy (non-hydrogen) atoms. The molecule has 3 N–H and O–H groups in total. The molecule has 1 saturated heterocycles. The average molecular weight is 517 g/mol. The van der Waals surface area contributed by atoms with Crippen molar-refractivity contribution in [2.24, 2.45) is 0 Å². The lowest BCUT2D eigenvalue weighted by Crippen LogP contribution is -2.55. The second kappa shape index (κ2) is 10.6. The second-order valence-electron chi connectivity index (χ2n) is 8.50. The first-order valence-corrected chi connectivity index (χ1v) is 11.7. The molecule has 3 rings (SSSR count). The molecule has 0 aliphatic carbocycles. The Morgan fingerprint density at radius 3 is 2.09 bits per heavy atom. The molecule has 0 radical (unpaired) electrons. The summed E-state index contributed by atoms with van der Waals surface area (Å²) in [5.41, 5.74) is 1.04. The van der Waals surface area contributed by atoms with Crippen LogP contribution in [0.1, 0.15) is 43.9 Å². The Morgan fingerprint density at radius 1 is 0.970 bits per heavy atom. The maximum absolute atomic E-state index is 12.8. The van der Waals surface area contributed by atoms with Crippen LogP contribution in [0.3, 0.4) is 0 Å². The van der Waals surface area contributed by atoms with E-state index in [0.29, 0.717) is 12.8 Å². The van der Waals surface area contributed by atoms with E-state index in [1.54, 1.807) is 13.8 Å². The number of carbonyl (C=O) groups excluding carboxylic acids is 3. The van der Waals surface area contributed by atoms with E-state index in [9.17, 15) is 24.6 Å². The summed E-state index contributed by atoms with van der Waals surface area (Å²) < 4.78 is 0.897. The van der Waals surface area contributed by atoms with Crippen molar-refractivity contribution in [3.63, 3.8) is 0 Å². The lowest BCUT2D eigenvalue weighted by molar-refractivity contribution is -0.155. The molecule has 8 heteroatoms. The van der Waals surface area contributed by atoms with Gasteiger partial charge in [-0.15, -0.1) is 0 Å². The molecule has 1 aliphatic heterocycles. The zero-order chi connectivity index (χ0) is 24.2. The molecule has 2 amide bonds. The van der Waals surface area contributed by atoms with Gasteiger partial charge in [0.2, 0.25) is 0 Å². The van der Waals surface area contributed by atoms with Crippen molar-refractivity contribution in [3.8, 4) is 0 Å². The van der Waals surface area contributed by atoms with Crippen LogP contribution in [0.5, 0.6) is 0 Å². The highest BCUT2D eigenvalue weighted by Crippen LogP contribution is 2.36. The summed E-state index contributed by atoms with van der Waals surface area (Å²) >= 11 is 3.35. The zero-order valence-electron chi connectivity index (χ0n) is 18.7. The van der Waals surface area contributed by atoms with E-state index in [1.165, 1.54) is 4.90 Å². The minimum atomic E-state index is -1.90. The van der Waals surface area contributed by atoms with E-state index < -0.39 is 35.5 Å². The van der Waals surface area contributed by atoms with Gasteiger partial charge in [-0.3, -0.25) is 14.4 Å². The molecule has 2 aromatic carbocycles. The minimum absolute atomic E-state index is 0.0303. The highest BCUT2D eigenvalue weighted by atomic mass is 79.9. The van der Waals surface area contributed by atoms with Crippen LogP contribution < -0.4 is 5.32 Å². The van der Waals surface area contributed by atoms with Crippen LogP contribution >= 0.6 is 15.9 Å². The van der Waals surface area contributed by atoms with Crippen LogP contribution in [-0.4, -0.2) is 58.0 Å². The van der Waals surface area contributed by atoms with Crippen molar-refractivity contribution in [2.75, 3.05) is 13.1 Å². The van der Waals surface area contributed by atoms with Gasteiger partial charge in [0.25, 0.3) is 11.8 Å². The van der Waals surface area contributed by atoms with Crippen LogP contribution in [0.15, 0.2) is 59.1 Å². The number of ketones is 1. The fraction of sp³-hybridized carbons (Fsp3) is 0.400. The standard InChI is InChI=1S/C25H29BrN2O5/c1-16(18-8-10-20(26)11-9-18)27-23(32)21(30)22(31)24(33)28-14-12-25(13-15-28,17(2)29)19-6-4-3-5-7-19/h3-11,16,21-22,30-31H,12-15H2,1-2H3,(H,27,32)/t16-,21?,22?/m0/s1. The first-order valence-electron chi connectivity index (χ1n) is 10.9. The number of aliphatic hydroxyl groups is 2. The van der Waals surface area contributed by atoms with Crippen molar-refractivity contribution in [2.45, 2.75) is 50.4 Å². The van der Waals surface area contributed by atoms with Crippen LogP contribution in [-0.2, 0) is 19.8 Å². The Labute approximate surface area is 201 Å². The first kappa shape index (κ1) is 25.1. The third-order valence-corrected chi connectivity index (χ3v) is 7.01. The Hall–Kier alpha value is -2.55. The molecule has 1 aliphatic rings. The molecule has 7 nitrogen and oxygen atoms in total. The quantitative estimate of drug-likeness (QED) is 0.524. The normalized spacial score (nSPS) is 18.2. The number of piperidine rings is 1. The number of amides is 2. The van der Waals surface area contributed by atoms with E-state index in [4.69, 9.17) is 0 Å². The molecular weight excluding hydrogens is 488 g/mol. The number of hydrogen-bond acceptors (Lipinski definition) is 5. The summed E-state index contributed by atoms with van der Waals surface area (Å²) in [4.78, 5) is 39.2. The summed E-state index contributed by atoms with van der Waals surface area (Å²) in [5.74, 6) is -1.52. The largest absolute Gasteiger partial charge is 0.380 e. The number of likely N-dealkylation sites (tertiary alicyclic amines) is 1. The van der Waals surface area contributed by atoms with Crippen molar-refractivity contribution in [1.82, 2.24) is 10.2 Å². The molecule has 176 valence electrons. The predicted molar refractivity (Wildman–Crippen MR) is 127 cm³/mol. The number of carbonyl (C=O) groups is 3. The third kappa shape index (κ3) is 5.51.